The molecule has 0 saturated heterocycles. The summed E-state index contributed by atoms with van der Waals surface area (Å²) in [5.41, 5.74) is 0. The molecule has 22 heavy (non-hydrogen) atoms. The van der Waals surface area contributed by atoms with Crippen LogP contribution in [-0.2, 0) is 23.8 Å². The fourth-order valence-electron chi connectivity index (χ4n) is 2.83. The van der Waals surface area contributed by atoms with E-state index in [-0.39, 0.29) is 17.7 Å². The standard InChI is InChI=1S/C16H25NO5/c1-10-5-4-6-13(11(10)2)17-15(18)12(3)22-16(19)14-9-20-7-8-21-14/h9-13H,4-8H2,1-3H3,(H,17,18)/t10-,11-,12-,13+/m1/s1. The van der Waals surface area contributed by atoms with E-state index in [0.717, 1.165) is 12.8 Å². The molecule has 1 aliphatic carbocycles. The molecule has 1 saturated carbocycles. The van der Waals surface area contributed by atoms with Gasteiger partial charge in [0.2, 0.25) is 5.76 Å². The van der Waals surface area contributed by atoms with Crippen molar-refractivity contribution in [2.75, 3.05) is 13.2 Å². The summed E-state index contributed by atoms with van der Waals surface area (Å²) in [6.45, 7) is 6.64. The first-order valence-electron chi connectivity index (χ1n) is 7.95. The van der Waals surface area contributed by atoms with Crippen molar-refractivity contribution in [2.45, 2.75) is 52.2 Å². The lowest BCUT2D eigenvalue weighted by Crippen LogP contribution is -2.47. The largest absolute Gasteiger partial charge is 0.493 e. The van der Waals surface area contributed by atoms with Gasteiger partial charge < -0.3 is 19.5 Å². The van der Waals surface area contributed by atoms with Gasteiger partial charge in [-0.3, -0.25) is 4.79 Å². The fraction of sp³-hybridized carbons (Fsp3) is 0.750. The van der Waals surface area contributed by atoms with E-state index in [9.17, 15) is 9.59 Å². The van der Waals surface area contributed by atoms with Crippen LogP contribution < -0.4 is 5.32 Å². The molecule has 0 spiro atoms. The quantitative estimate of drug-likeness (QED) is 0.801. The van der Waals surface area contributed by atoms with Gasteiger partial charge in [-0.1, -0.05) is 26.7 Å². The second-order valence-corrected chi connectivity index (χ2v) is 6.13. The normalized spacial score (nSPS) is 29.4. The summed E-state index contributed by atoms with van der Waals surface area (Å²) in [5.74, 6) is 0.0860. The van der Waals surface area contributed by atoms with E-state index in [1.165, 1.54) is 12.7 Å². The summed E-state index contributed by atoms with van der Waals surface area (Å²) >= 11 is 0. The Labute approximate surface area is 131 Å². The SMILES string of the molecule is C[C@@H]1[C@H](C)CCC[C@@H]1NC(=O)[C@@H](C)OC(=O)C1=COCCO1. The molecule has 0 aromatic rings. The van der Waals surface area contributed by atoms with Gasteiger partial charge in [0.25, 0.3) is 5.91 Å². The van der Waals surface area contributed by atoms with Crippen LogP contribution in [0.25, 0.3) is 0 Å². The Kier molecular flexibility index (Phi) is 5.69. The van der Waals surface area contributed by atoms with Crippen LogP contribution in [0.4, 0.5) is 0 Å². The van der Waals surface area contributed by atoms with Crippen molar-refractivity contribution >= 4 is 11.9 Å². The minimum atomic E-state index is -0.858. The molecule has 6 heteroatoms. The van der Waals surface area contributed by atoms with E-state index in [1.54, 1.807) is 6.92 Å². The first kappa shape index (κ1) is 16.6. The van der Waals surface area contributed by atoms with E-state index in [4.69, 9.17) is 14.2 Å². The first-order valence-corrected chi connectivity index (χ1v) is 7.95. The molecule has 1 fully saturated rings. The summed E-state index contributed by atoms with van der Waals surface area (Å²) in [7, 11) is 0. The molecule has 0 unspecified atom stereocenters. The highest BCUT2D eigenvalue weighted by atomic mass is 16.6. The van der Waals surface area contributed by atoms with Crippen molar-refractivity contribution in [2.24, 2.45) is 11.8 Å². The first-order chi connectivity index (χ1) is 10.5. The van der Waals surface area contributed by atoms with Crippen molar-refractivity contribution in [3.8, 4) is 0 Å². The maximum Gasteiger partial charge on any atom is 0.377 e. The third-order valence-electron chi connectivity index (χ3n) is 4.54. The molecule has 4 atom stereocenters. The average Bonchev–Trinajstić information content (AvgIpc) is 2.52. The Hall–Kier alpha value is -1.72. The van der Waals surface area contributed by atoms with Crippen LogP contribution in [0.3, 0.4) is 0 Å². The Morgan fingerprint density at radius 1 is 1.32 bits per heavy atom. The van der Waals surface area contributed by atoms with E-state index in [0.29, 0.717) is 25.0 Å². The molecule has 1 heterocycles. The van der Waals surface area contributed by atoms with Crippen molar-refractivity contribution in [1.82, 2.24) is 5.32 Å². The van der Waals surface area contributed by atoms with E-state index in [2.05, 4.69) is 19.2 Å². The highest BCUT2D eigenvalue weighted by Crippen LogP contribution is 2.29. The number of rotatable bonds is 4. The van der Waals surface area contributed by atoms with E-state index >= 15 is 0 Å². The van der Waals surface area contributed by atoms with E-state index < -0.39 is 12.1 Å². The molecule has 2 rings (SSSR count). The lowest BCUT2D eigenvalue weighted by Gasteiger charge is -2.35. The molecule has 0 aromatic carbocycles. The molecule has 6 nitrogen and oxygen atoms in total. The van der Waals surface area contributed by atoms with Gasteiger partial charge in [0.1, 0.15) is 19.5 Å². The summed E-state index contributed by atoms with van der Waals surface area (Å²) < 4.78 is 15.3. The van der Waals surface area contributed by atoms with Crippen molar-refractivity contribution in [1.29, 1.82) is 0 Å². The molecule has 1 aliphatic heterocycles. The second kappa shape index (κ2) is 7.51. The van der Waals surface area contributed by atoms with Crippen molar-refractivity contribution in [3.05, 3.63) is 12.0 Å². The molecule has 124 valence electrons. The zero-order chi connectivity index (χ0) is 16.1. The number of ether oxygens (including phenoxy) is 3. The Morgan fingerprint density at radius 2 is 2.09 bits per heavy atom. The van der Waals surface area contributed by atoms with Gasteiger partial charge in [0.15, 0.2) is 6.10 Å². The Morgan fingerprint density at radius 3 is 2.77 bits per heavy atom. The maximum atomic E-state index is 12.2. The minimum absolute atomic E-state index is 0.00515. The molecular formula is C16H25NO5. The van der Waals surface area contributed by atoms with Crippen LogP contribution in [0.1, 0.15) is 40.0 Å². The molecule has 0 bridgehead atoms. The molecule has 0 aromatic heterocycles. The Bertz CT molecular complexity index is 448. The number of hydrogen-bond acceptors (Lipinski definition) is 5. The van der Waals surface area contributed by atoms with Gasteiger partial charge in [0.05, 0.1) is 0 Å². The van der Waals surface area contributed by atoms with Crippen LogP contribution in [-0.4, -0.2) is 37.2 Å². The van der Waals surface area contributed by atoms with Crippen molar-refractivity contribution in [3.63, 3.8) is 0 Å². The number of nitrogens with one attached hydrogen (secondary N) is 1. The highest BCUT2D eigenvalue weighted by Gasteiger charge is 2.30. The average molecular weight is 311 g/mol. The zero-order valence-corrected chi connectivity index (χ0v) is 13.5. The summed E-state index contributed by atoms with van der Waals surface area (Å²) in [6, 6.07) is 0.144. The summed E-state index contributed by atoms with van der Waals surface area (Å²) in [5, 5.41) is 3.00. The molecule has 2 aliphatic rings. The monoisotopic (exact) mass is 311 g/mol. The smallest absolute Gasteiger partial charge is 0.377 e. The van der Waals surface area contributed by atoms with Crippen LogP contribution in [0, 0.1) is 11.8 Å². The molecule has 0 radical (unpaired) electrons. The third kappa shape index (κ3) is 4.15. The number of carbonyl (C=O) groups is 2. The lowest BCUT2D eigenvalue weighted by atomic mass is 9.78. The van der Waals surface area contributed by atoms with Crippen LogP contribution in [0.2, 0.25) is 0 Å². The third-order valence-corrected chi connectivity index (χ3v) is 4.54. The molecule has 1 N–H and O–H groups in total. The van der Waals surface area contributed by atoms with E-state index in [1.807, 2.05) is 0 Å². The topological polar surface area (TPSA) is 73.9 Å². The molecule has 1 amide bonds. The molecular weight excluding hydrogens is 286 g/mol. The summed E-state index contributed by atoms with van der Waals surface area (Å²) in [6.07, 6.45) is 3.65. The van der Waals surface area contributed by atoms with Gasteiger partial charge >= 0.3 is 5.97 Å². The fourth-order valence-corrected chi connectivity index (χ4v) is 2.83. The van der Waals surface area contributed by atoms with Crippen molar-refractivity contribution < 1.29 is 23.8 Å². The number of esters is 1. The number of carbonyl (C=O) groups excluding carboxylic acids is 2. The predicted octanol–water partition coefficient (Wildman–Crippen LogP) is 1.75. The van der Waals surface area contributed by atoms with Crippen LogP contribution in [0.5, 0.6) is 0 Å². The summed E-state index contributed by atoms with van der Waals surface area (Å²) in [4.78, 5) is 24.0. The zero-order valence-electron chi connectivity index (χ0n) is 13.5. The second-order valence-electron chi connectivity index (χ2n) is 6.13. The van der Waals surface area contributed by atoms with Gasteiger partial charge in [-0.25, -0.2) is 4.79 Å². The van der Waals surface area contributed by atoms with Gasteiger partial charge in [0, 0.05) is 6.04 Å². The van der Waals surface area contributed by atoms with Gasteiger partial charge in [-0.15, -0.1) is 0 Å². The van der Waals surface area contributed by atoms with Crippen LogP contribution in [0.15, 0.2) is 12.0 Å². The number of hydrogen-bond donors (Lipinski definition) is 1. The van der Waals surface area contributed by atoms with Gasteiger partial charge in [-0.2, -0.15) is 0 Å². The van der Waals surface area contributed by atoms with Gasteiger partial charge in [-0.05, 0) is 25.2 Å². The maximum absolute atomic E-state index is 12.2. The predicted molar refractivity (Wildman–Crippen MR) is 79.7 cm³/mol. The number of amides is 1. The highest BCUT2D eigenvalue weighted by molar-refractivity contribution is 5.89. The Balaban J connectivity index is 1.84. The lowest BCUT2D eigenvalue weighted by molar-refractivity contribution is -0.155. The minimum Gasteiger partial charge on any atom is -0.493 e. The van der Waals surface area contributed by atoms with Crippen LogP contribution >= 0.6 is 0 Å².